The molecule has 0 saturated heterocycles. The number of thiol groups is 1. The maximum absolute atomic E-state index is 11.3. The van der Waals surface area contributed by atoms with Crippen LogP contribution in [0.4, 0.5) is 0 Å². The summed E-state index contributed by atoms with van der Waals surface area (Å²) in [5.74, 6) is 5.87. The third-order valence-electron chi connectivity index (χ3n) is 2.27. The predicted molar refractivity (Wildman–Crippen MR) is 68.2 cm³/mol. The molecule has 0 atom stereocenters. The van der Waals surface area contributed by atoms with Crippen LogP contribution in [-0.4, -0.2) is 29.0 Å². The summed E-state index contributed by atoms with van der Waals surface area (Å²) >= 11 is 4.01. The molecule has 0 fully saturated rings. The molecule has 0 unspecified atom stereocenters. The summed E-state index contributed by atoms with van der Waals surface area (Å²) in [6, 6.07) is 5.16. The fourth-order valence-electron chi connectivity index (χ4n) is 1.48. The highest BCUT2D eigenvalue weighted by molar-refractivity contribution is 7.80. The Morgan fingerprint density at radius 2 is 2.41 bits per heavy atom. The Labute approximate surface area is 104 Å². The number of nitrogens with one attached hydrogen (secondary N) is 1. The van der Waals surface area contributed by atoms with E-state index in [9.17, 15) is 4.79 Å². The summed E-state index contributed by atoms with van der Waals surface area (Å²) in [6.07, 6.45) is 0. The number of aromatic amines is 1. The molecule has 0 amide bonds. The third-order valence-corrected chi connectivity index (χ3v) is 2.43. The van der Waals surface area contributed by atoms with E-state index in [0.717, 1.165) is 11.1 Å². The number of H-pyrrole nitrogens is 1. The van der Waals surface area contributed by atoms with E-state index in [1.807, 2.05) is 0 Å². The van der Waals surface area contributed by atoms with Crippen LogP contribution in [-0.2, 0) is 4.74 Å². The van der Waals surface area contributed by atoms with Crippen LogP contribution in [0.5, 0.6) is 0 Å². The summed E-state index contributed by atoms with van der Waals surface area (Å²) in [6.45, 7) is 0. The molecule has 2 aromatic rings. The zero-order valence-electron chi connectivity index (χ0n) is 9.15. The van der Waals surface area contributed by atoms with Crippen molar-refractivity contribution in [1.82, 2.24) is 10.2 Å². The van der Waals surface area contributed by atoms with Gasteiger partial charge in [0.15, 0.2) is 0 Å². The minimum absolute atomic E-state index is 0.377. The number of rotatable bonds is 1. The highest BCUT2D eigenvalue weighted by Gasteiger charge is 2.09. The number of aromatic nitrogens is 2. The van der Waals surface area contributed by atoms with Gasteiger partial charge in [0, 0.05) is 5.39 Å². The van der Waals surface area contributed by atoms with Gasteiger partial charge < -0.3 is 4.74 Å². The van der Waals surface area contributed by atoms with Gasteiger partial charge in [-0.1, -0.05) is 5.92 Å². The molecule has 5 heteroatoms. The molecular weight excluding hydrogens is 236 g/mol. The van der Waals surface area contributed by atoms with Crippen molar-refractivity contribution < 1.29 is 9.53 Å². The van der Waals surface area contributed by atoms with Crippen LogP contribution in [0.3, 0.4) is 0 Å². The average Bonchev–Trinajstić information content (AvgIpc) is 2.77. The maximum Gasteiger partial charge on any atom is 0.337 e. The van der Waals surface area contributed by atoms with E-state index in [-0.39, 0.29) is 5.97 Å². The monoisotopic (exact) mass is 246 g/mol. The van der Waals surface area contributed by atoms with Gasteiger partial charge in [-0.3, -0.25) is 5.10 Å². The largest absolute Gasteiger partial charge is 0.465 e. The van der Waals surface area contributed by atoms with Gasteiger partial charge in [-0.15, -0.1) is 0 Å². The Bertz CT molecular complexity index is 622. The Morgan fingerprint density at radius 1 is 1.59 bits per heavy atom. The molecule has 0 aliphatic carbocycles. The van der Waals surface area contributed by atoms with E-state index in [1.165, 1.54) is 7.11 Å². The lowest BCUT2D eigenvalue weighted by molar-refractivity contribution is 0.0601. The van der Waals surface area contributed by atoms with Gasteiger partial charge in [-0.2, -0.15) is 17.7 Å². The fourth-order valence-corrected chi connectivity index (χ4v) is 1.56. The van der Waals surface area contributed by atoms with Crippen molar-refractivity contribution in [2.24, 2.45) is 0 Å². The molecule has 0 radical (unpaired) electrons. The lowest BCUT2D eigenvalue weighted by Crippen LogP contribution is -2.00. The van der Waals surface area contributed by atoms with Gasteiger partial charge >= 0.3 is 5.97 Å². The van der Waals surface area contributed by atoms with E-state index in [1.54, 1.807) is 18.2 Å². The van der Waals surface area contributed by atoms with E-state index < -0.39 is 0 Å². The van der Waals surface area contributed by atoms with Crippen LogP contribution in [0.15, 0.2) is 18.2 Å². The topological polar surface area (TPSA) is 55.0 Å². The van der Waals surface area contributed by atoms with Crippen molar-refractivity contribution in [3.8, 4) is 11.8 Å². The van der Waals surface area contributed by atoms with Crippen molar-refractivity contribution in [1.29, 1.82) is 0 Å². The molecule has 0 bridgehead atoms. The average molecular weight is 246 g/mol. The minimum Gasteiger partial charge on any atom is -0.465 e. The summed E-state index contributed by atoms with van der Waals surface area (Å²) in [7, 11) is 1.35. The van der Waals surface area contributed by atoms with Crippen molar-refractivity contribution in [3.63, 3.8) is 0 Å². The number of nitrogens with zero attached hydrogens (tertiary/aromatic N) is 1. The summed E-state index contributed by atoms with van der Waals surface area (Å²) in [5, 5.41) is 7.79. The molecule has 1 aromatic carbocycles. The van der Waals surface area contributed by atoms with Crippen LogP contribution < -0.4 is 0 Å². The standard InChI is InChI=1S/C12H10N2O2S/c1-16-12(15)8-4-5-9-10(3-2-6-17)13-14-11(9)7-8/h4-5,7,17H,6H2,1H3,(H,13,14). The molecule has 1 aromatic heterocycles. The second kappa shape index (κ2) is 4.93. The quantitative estimate of drug-likeness (QED) is 0.457. The number of benzene rings is 1. The minimum atomic E-state index is -0.377. The Morgan fingerprint density at radius 3 is 3.12 bits per heavy atom. The zero-order valence-corrected chi connectivity index (χ0v) is 10.0. The SMILES string of the molecule is COC(=O)c1ccc2c(C#CCS)[nH]nc2c1. The number of methoxy groups -OCH3 is 1. The van der Waals surface area contributed by atoms with E-state index in [4.69, 9.17) is 0 Å². The van der Waals surface area contributed by atoms with Crippen molar-refractivity contribution in [2.45, 2.75) is 0 Å². The van der Waals surface area contributed by atoms with Crippen molar-refractivity contribution in [2.75, 3.05) is 12.9 Å². The molecule has 17 heavy (non-hydrogen) atoms. The molecule has 86 valence electrons. The van der Waals surface area contributed by atoms with Crippen LogP contribution in [0.2, 0.25) is 0 Å². The number of ether oxygens (including phenoxy) is 1. The van der Waals surface area contributed by atoms with Gasteiger partial charge in [0.2, 0.25) is 0 Å². The Balaban J connectivity index is 2.48. The summed E-state index contributed by atoms with van der Waals surface area (Å²) < 4.78 is 4.64. The van der Waals surface area contributed by atoms with Crippen LogP contribution in [0.25, 0.3) is 10.9 Å². The third kappa shape index (κ3) is 2.27. The first-order valence-electron chi connectivity index (χ1n) is 4.92. The van der Waals surface area contributed by atoms with Gasteiger partial charge in [-0.25, -0.2) is 4.79 Å². The zero-order chi connectivity index (χ0) is 12.3. The lowest BCUT2D eigenvalue weighted by Gasteiger charge is -1.97. The molecular formula is C12H10N2O2S. The molecule has 0 saturated carbocycles. The second-order valence-electron chi connectivity index (χ2n) is 3.28. The lowest BCUT2D eigenvalue weighted by atomic mass is 10.1. The van der Waals surface area contributed by atoms with E-state index in [2.05, 4.69) is 39.4 Å². The first-order valence-corrected chi connectivity index (χ1v) is 5.55. The number of hydrogen-bond acceptors (Lipinski definition) is 4. The first-order chi connectivity index (χ1) is 8.26. The van der Waals surface area contributed by atoms with E-state index in [0.29, 0.717) is 16.8 Å². The van der Waals surface area contributed by atoms with Crippen molar-refractivity contribution >= 4 is 29.5 Å². The summed E-state index contributed by atoms with van der Waals surface area (Å²) in [5.41, 5.74) is 1.89. The summed E-state index contributed by atoms with van der Waals surface area (Å²) in [4.78, 5) is 11.3. The molecule has 4 nitrogen and oxygen atoms in total. The normalized spacial score (nSPS) is 9.76. The first kappa shape index (κ1) is 11.6. The predicted octanol–water partition coefficient (Wildman–Crippen LogP) is 1.63. The van der Waals surface area contributed by atoms with Crippen LogP contribution in [0, 0.1) is 11.8 Å². The van der Waals surface area contributed by atoms with Gasteiger partial charge in [-0.05, 0) is 24.1 Å². The molecule has 2 rings (SSSR count). The molecule has 0 spiro atoms. The van der Waals surface area contributed by atoms with E-state index >= 15 is 0 Å². The number of esters is 1. The van der Waals surface area contributed by atoms with Gasteiger partial charge in [0.05, 0.1) is 23.9 Å². The second-order valence-corrected chi connectivity index (χ2v) is 3.60. The van der Waals surface area contributed by atoms with Crippen molar-refractivity contribution in [3.05, 3.63) is 29.5 Å². The van der Waals surface area contributed by atoms with Gasteiger partial charge in [0.1, 0.15) is 5.69 Å². The van der Waals surface area contributed by atoms with Gasteiger partial charge in [0.25, 0.3) is 0 Å². The molecule has 1 heterocycles. The highest BCUT2D eigenvalue weighted by atomic mass is 32.1. The van der Waals surface area contributed by atoms with Crippen LogP contribution >= 0.6 is 12.6 Å². The van der Waals surface area contributed by atoms with Crippen LogP contribution in [0.1, 0.15) is 16.1 Å². The Kier molecular flexibility index (Phi) is 3.35. The number of fused-ring (bicyclic) bond motifs is 1. The number of carbonyl (C=O) groups excluding carboxylic acids is 1. The number of hydrogen-bond donors (Lipinski definition) is 2. The number of carbonyl (C=O) groups is 1. The molecule has 0 aliphatic rings. The maximum atomic E-state index is 11.3. The molecule has 0 aliphatic heterocycles. The Hall–Kier alpha value is -1.93. The molecule has 1 N–H and O–H groups in total. The highest BCUT2D eigenvalue weighted by Crippen LogP contribution is 2.17. The smallest absolute Gasteiger partial charge is 0.337 e. The fraction of sp³-hybridized carbons (Fsp3) is 0.167.